The Morgan fingerprint density at radius 2 is 2.18 bits per heavy atom. The van der Waals surface area contributed by atoms with Crippen LogP contribution in [0.4, 0.5) is 0 Å². The molecular weight excluding hydrogens is 136 g/mol. The van der Waals surface area contributed by atoms with Crippen molar-refractivity contribution >= 4 is 5.78 Å². The molecule has 2 saturated carbocycles. The highest BCUT2D eigenvalue weighted by atomic mass is 16.1. The minimum absolute atomic E-state index is 0.0660. The lowest BCUT2D eigenvalue weighted by Crippen LogP contribution is -2.32. The third-order valence-corrected chi connectivity index (χ3v) is 4.20. The van der Waals surface area contributed by atoms with Crippen molar-refractivity contribution < 1.29 is 6.17 Å². The van der Waals surface area contributed by atoms with E-state index in [0.29, 0.717) is 5.92 Å². The number of Topliss-reactive ketones (excluding diaryl/α,β-unsaturated/α-hetero) is 1. The van der Waals surface area contributed by atoms with E-state index in [9.17, 15) is 4.79 Å². The van der Waals surface area contributed by atoms with Crippen LogP contribution in [0.5, 0.6) is 0 Å². The SMILES string of the molecule is [3H]C1C(=O)C2(C)CCC1C2(C)C. The standard InChI is InChI=1S/C10H16O/c1-9(2)7-4-5-10(9,3)8(11)6-7/h7H,4-6H2,1-3H3/i6T. The van der Waals surface area contributed by atoms with Gasteiger partial charge in [-0.3, -0.25) is 4.79 Å². The highest BCUT2D eigenvalue weighted by Gasteiger charge is 2.61. The van der Waals surface area contributed by atoms with Gasteiger partial charge in [0, 0.05) is 13.2 Å². The molecule has 2 rings (SSSR count). The van der Waals surface area contributed by atoms with Gasteiger partial charge in [0.1, 0.15) is 5.78 Å². The third-order valence-electron chi connectivity index (χ3n) is 4.20. The highest BCUT2D eigenvalue weighted by Crippen LogP contribution is 2.63. The molecule has 0 aromatic carbocycles. The van der Waals surface area contributed by atoms with E-state index in [1.54, 1.807) is 0 Å². The Labute approximate surface area is 69.6 Å². The zero-order valence-corrected chi connectivity index (χ0v) is 7.48. The Morgan fingerprint density at radius 3 is 2.45 bits per heavy atom. The monoisotopic (exact) mass is 154 g/mol. The van der Waals surface area contributed by atoms with Crippen molar-refractivity contribution in [3.8, 4) is 0 Å². The van der Waals surface area contributed by atoms with E-state index in [4.69, 9.17) is 1.37 Å². The predicted molar refractivity (Wildman–Crippen MR) is 44.2 cm³/mol. The highest BCUT2D eigenvalue weighted by molar-refractivity contribution is 5.89. The summed E-state index contributed by atoms with van der Waals surface area (Å²) in [5.74, 6) is 0.499. The minimum Gasteiger partial charge on any atom is -0.299 e. The van der Waals surface area contributed by atoms with Crippen LogP contribution in [0.15, 0.2) is 0 Å². The Balaban J connectivity index is 2.50. The molecule has 0 aromatic rings. The molecule has 2 aliphatic rings. The van der Waals surface area contributed by atoms with Gasteiger partial charge in [0.25, 0.3) is 0 Å². The van der Waals surface area contributed by atoms with Crippen LogP contribution in [0.2, 0.25) is 0 Å². The topological polar surface area (TPSA) is 17.1 Å². The van der Waals surface area contributed by atoms with Gasteiger partial charge in [-0.1, -0.05) is 20.8 Å². The van der Waals surface area contributed by atoms with Gasteiger partial charge in [0.2, 0.25) is 0 Å². The summed E-state index contributed by atoms with van der Waals surface area (Å²) in [4.78, 5) is 11.7. The molecule has 0 spiro atoms. The second-order valence-corrected chi connectivity index (χ2v) is 4.73. The summed E-state index contributed by atoms with van der Waals surface area (Å²) in [5, 5.41) is 0. The van der Waals surface area contributed by atoms with Crippen molar-refractivity contribution in [1.82, 2.24) is 0 Å². The molecule has 0 aliphatic heterocycles. The van der Waals surface area contributed by atoms with Crippen molar-refractivity contribution in [2.45, 2.75) is 40.0 Å². The van der Waals surface area contributed by atoms with Crippen LogP contribution < -0.4 is 0 Å². The quantitative estimate of drug-likeness (QED) is 0.523. The van der Waals surface area contributed by atoms with Gasteiger partial charge < -0.3 is 0 Å². The molecule has 0 aromatic heterocycles. The van der Waals surface area contributed by atoms with Crippen LogP contribution >= 0.6 is 0 Å². The molecule has 0 N–H and O–H groups in total. The van der Waals surface area contributed by atoms with E-state index in [-0.39, 0.29) is 16.6 Å². The Bertz CT molecular complexity index is 246. The molecule has 2 bridgehead atoms. The average Bonchev–Trinajstić information content (AvgIpc) is 2.26. The lowest BCUT2D eigenvalue weighted by molar-refractivity contribution is -0.128. The molecule has 1 heteroatoms. The molecule has 1 nitrogen and oxygen atoms in total. The number of hydrogen-bond donors (Lipinski definition) is 0. The zero-order chi connectivity index (χ0) is 9.15. The molecule has 2 fully saturated rings. The summed E-state index contributed by atoms with van der Waals surface area (Å²) >= 11 is 0. The van der Waals surface area contributed by atoms with E-state index in [1.165, 1.54) is 0 Å². The van der Waals surface area contributed by atoms with E-state index in [2.05, 4.69) is 13.8 Å². The lowest BCUT2D eigenvalue weighted by atomic mass is 9.70. The fourth-order valence-electron chi connectivity index (χ4n) is 2.64. The number of carbonyl (C=O) groups is 1. The Hall–Kier alpha value is -0.330. The molecule has 11 heavy (non-hydrogen) atoms. The van der Waals surface area contributed by atoms with Gasteiger partial charge in [-0.15, -0.1) is 0 Å². The Kier molecular flexibility index (Phi) is 0.961. The Morgan fingerprint density at radius 1 is 1.55 bits per heavy atom. The largest absolute Gasteiger partial charge is 0.299 e. The van der Waals surface area contributed by atoms with Gasteiger partial charge in [-0.25, -0.2) is 0 Å². The average molecular weight is 154 g/mol. The number of fused-ring (bicyclic) bond motifs is 2. The van der Waals surface area contributed by atoms with Crippen LogP contribution in [0.3, 0.4) is 0 Å². The van der Waals surface area contributed by atoms with E-state index in [0.717, 1.165) is 12.8 Å². The van der Waals surface area contributed by atoms with E-state index >= 15 is 0 Å². The van der Waals surface area contributed by atoms with Crippen LogP contribution in [0.1, 0.15) is 41.4 Å². The molecule has 0 saturated heterocycles. The maximum absolute atomic E-state index is 11.7. The van der Waals surface area contributed by atoms with Gasteiger partial charge in [0.15, 0.2) is 0 Å². The number of rotatable bonds is 0. The molecule has 0 heterocycles. The molecule has 3 unspecified atom stereocenters. The smallest absolute Gasteiger partial charge is 0.139 e. The zero-order valence-electron chi connectivity index (χ0n) is 8.48. The predicted octanol–water partition coefficient (Wildman–Crippen LogP) is 2.40. The molecule has 0 amide bonds. The summed E-state index contributed by atoms with van der Waals surface area (Å²) in [6.07, 6.45) is 1.64. The van der Waals surface area contributed by atoms with Gasteiger partial charge in [-0.05, 0) is 24.2 Å². The summed E-state index contributed by atoms with van der Waals surface area (Å²) in [5.41, 5.74) is -0.124. The first-order valence-electron chi connectivity index (χ1n) is 4.95. The first-order chi connectivity index (χ1) is 5.41. The van der Waals surface area contributed by atoms with Crippen molar-refractivity contribution in [2.75, 3.05) is 0 Å². The van der Waals surface area contributed by atoms with Crippen LogP contribution in [-0.4, -0.2) is 5.78 Å². The molecule has 3 atom stereocenters. The maximum Gasteiger partial charge on any atom is 0.139 e. The number of hydrogen-bond acceptors (Lipinski definition) is 1. The second-order valence-electron chi connectivity index (χ2n) is 4.73. The lowest BCUT2D eigenvalue weighted by Gasteiger charge is -2.32. The van der Waals surface area contributed by atoms with Crippen LogP contribution in [0, 0.1) is 16.7 Å². The summed E-state index contributed by atoms with van der Waals surface area (Å²) in [7, 11) is 0. The normalized spacial score (nSPS) is 54.8. The van der Waals surface area contributed by atoms with Gasteiger partial charge >= 0.3 is 0 Å². The molecule has 2 aliphatic carbocycles. The van der Waals surface area contributed by atoms with Crippen molar-refractivity contribution in [1.29, 1.82) is 0 Å². The van der Waals surface area contributed by atoms with E-state index < -0.39 is 6.40 Å². The minimum atomic E-state index is -0.432. The summed E-state index contributed by atoms with van der Waals surface area (Å²) in [6, 6.07) is 0. The number of carbonyl (C=O) groups excluding carboxylic acids is 1. The number of ketones is 1. The van der Waals surface area contributed by atoms with Gasteiger partial charge in [0.05, 0.1) is 0 Å². The molecular formula is C10H16O. The van der Waals surface area contributed by atoms with Crippen molar-refractivity contribution in [3.05, 3.63) is 0 Å². The van der Waals surface area contributed by atoms with Crippen LogP contribution in [-0.2, 0) is 4.79 Å². The van der Waals surface area contributed by atoms with Crippen molar-refractivity contribution in [2.24, 2.45) is 16.7 Å². The van der Waals surface area contributed by atoms with Gasteiger partial charge in [-0.2, -0.15) is 0 Å². The summed E-state index contributed by atoms with van der Waals surface area (Å²) < 4.78 is 7.76. The molecule has 0 radical (unpaired) electrons. The maximum atomic E-state index is 11.7. The van der Waals surface area contributed by atoms with Crippen molar-refractivity contribution in [3.63, 3.8) is 0 Å². The summed E-state index contributed by atoms with van der Waals surface area (Å²) in [6.45, 7) is 6.35. The fourth-order valence-corrected chi connectivity index (χ4v) is 2.64. The second kappa shape index (κ2) is 1.70. The third kappa shape index (κ3) is 0.605. The first-order valence-corrected chi connectivity index (χ1v) is 4.38. The van der Waals surface area contributed by atoms with E-state index in [1.807, 2.05) is 6.92 Å². The first kappa shape index (κ1) is 6.22. The van der Waals surface area contributed by atoms with Crippen LogP contribution in [0.25, 0.3) is 0 Å². The fraction of sp³-hybridized carbons (Fsp3) is 0.900. The molecule has 62 valence electrons.